The summed E-state index contributed by atoms with van der Waals surface area (Å²) in [7, 11) is 0. The molecular formula is C34H29N5O5. The summed E-state index contributed by atoms with van der Waals surface area (Å²) in [5.41, 5.74) is 7.09. The van der Waals surface area contributed by atoms with Crippen molar-refractivity contribution in [2.24, 2.45) is 0 Å². The van der Waals surface area contributed by atoms with Crippen molar-refractivity contribution in [3.63, 3.8) is 0 Å². The summed E-state index contributed by atoms with van der Waals surface area (Å²) < 4.78 is 5.72. The third kappa shape index (κ3) is 5.37. The van der Waals surface area contributed by atoms with E-state index in [2.05, 4.69) is 20.9 Å². The van der Waals surface area contributed by atoms with Crippen molar-refractivity contribution in [3.8, 4) is 0 Å². The Hall–Kier alpha value is -5.51. The summed E-state index contributed by atoms with van der Waals surface area (Å²) in [6.07, 6.45) is 3.79. The number of esters is 1. The summed E-state index contributed by atoms with van der Waals surface area (Å²) in [5, 5.41) is 9.07. The number of hydrogen-bond donors (Lipinski definition) is 3. The van der Waals surface area contributed by atoms with Crippen molar-refractivity contribution in [1.82, 2.24) is 4.98 Å². The van der Waals surface area contributed by atoms with E-state index in [9.17, 15) is 19.2 Å². The molecule has 3 N–H and O–H groups in total. The molecule has 3 aliphatic heterocycles. The van der Waals surface area contributed by atoms with E-state index >= 15 is 0 Å². The van der Waals surface area contributed by atoms with E-state index in [0.717, 1.165) is 39.4 Å². The molecule has 0 saturated carbocycles. The van der Waals surface area contributed by atoms with Crippen LogP contribution < -0.4 is 20.9 Å². The lowest BCUT2D eigenvalue weighted by Crippen LogP contribution is -2.31. The summed E-state index contributed by atoms with van der Waals surface area (Å²) in [4.78, 5) is 56.0. The number of nitrogens with one attached hydrogen (secondary N) is 3. The summed E-state index contributed by atoms with van der Waals surface area (Å²) in [5.74, 6) is -0.298. The molecule has 4 aromatic rings. The van der Waals surface area contributed by atoms with Crippen LogP contribution in [-0.2, 0) is 27.2 Å². The van der Waals surface area contributed by atoms with E-state index < -0.39 is 5.97 Å². The van der Waals surface area contributed by atoms with Gasteiger partial charge in [-0.05, 0) is 90.7 Å². The van der Waals surface area contributed by atoms with Gasteiger partial charge in [0.25, 0.3) is 5.91 Å². The lowest BCUT2D eigenvalue weighted by molar-refractivity contribution is -0.117. The number of amides is 3. The molecule has 44 heavy (non-hydrogen) atoms. The van der Waals surface area contributed by atoms with Crippen LogP contribution in [0.15, 0.2) is 79.0 Å². The van der Waals surface area contributed by atoms with Gasteiger partial charge in [0.15, 0.2) is 0 Å². The van der Waals surface area contributed by atoms with Gasteiger partial charge in [0, 0.05) is 65.4 Å². The van der Waals surface area contributed by atoms with Crippen LogP contribution in [0.3, 0.4) is 0 Å². The minimum absolute atomic E-state index is 0.0252. The number of pyridine rings is 1. The molecule has 3 aromatic carbocycles. The Bertz CT molecular complexity index is 1820. The summed E-state index contributed by atoms with van der Waals surface area (Å²) >= 11 is 0. The van der Waals surface area contributed by atoms with E-state index in [0.29, 0.717) is 49.2 Å². The molecular weight excluding hydrogens is 558 g/mol. The molecule has 0 spiro atoms. The molecule has 3 aliphatic rings. The lowest BCUT2D eigenvalue weighted by atomic mass is 10.00. The second-order valence-corrected chi connectivity index (χ2v) is 11.2. The van der Waals surface area contributed by atoms with Gasteiger partial charge in [-0.3, -0.25) is 19.3 Å². The fourth-order valence-electron chi connectivity index (χ4n) is 5.93. The highest BCUT2D eigenvalue weighted by atomic mass is 16.5. The topological polar surface area (TPSA) is 130 Å². The molecule has 1 unspecified atom stereocenters. The number of aromatic nitrogens is 1. The van der Waals surface area contributed by atoms with Crippen molar-refractivity contribution < 1.29 is 23.9 Å². The van der Waals surface area contributed by atoms with Crippen LogP contribution in [0.5, 0.6) is 0 Å². The Morgan fingerprint density at radius 2 is 1.48 bits per heavy atom. The first-order valence-corrected chi connectivity index (χ1v) is 14.6. The molecule has 4 heterocycles. The maximum Gasteiger partial charge on any atom is 0.338 e. The molecule has 10 nitrogen and oxygen atoms in total. The molecule has 0 fully saturated rings. The van der Waals surface area contributed by atoms with Gasteiger partial charge in [0.1, 0.15) is 12.4 Å². The van der Waals surface area contributed by atoms with Crippen LogP contribution in [0.25, 0.3) is 0 Å². The Balaban J connectivity index is 0.993. The van der Waals surface area contributed by atoms with Gasteiger partial charge in [-0.25, -0.2) is 9.78 Å². The van der Waals surface area contributed by atoms with E-state index in [4.69, 9.17) is 4.74 Å². The zero-order valence-corrected chi connectivity index (χ0v) is 23.8. The smallest absolute Gasteiger partial charge is 0.338 e. The summed E-state index contributed by atoms with van der Waals surface area (Å²) in [6.45, 7) is 0.433. The maximum absolute atomic E-state index is 13.6. The third-order valence-corrected chi connectivity index (χ3v) is 8.23. The Labute approximate surface area is 253 Å². The highest BCUT2D eigenvalue weighted by molar-refractivity contribution is 6.07. The Morgan fingerprint density at radius 1 is 0.818 bits per heavy atom. The van der Waals surface area contributed by atoms with E-state index in [1.165, 1.54) is 0 Å². The van der Waals surface area contributed by atoms with E-state index in [-0.39, 0.29) is 30.2 Å². The highest BCUT2D eigenvalue weighted by Gasteiger charge is 2.35. The zero-order valence-electron chi connectivity index (χ0n) is 23.8. The number of carbonyl (C=O) groups is 4. The van der Waals surface area contributed by atoms with E-state index in [1.54, 1.807) is 35.4 Å². The van der Waals surface area contributed by atoms with Crippen LogP contribution in [0.4, 0.5) is 28.6 Å². The summed E-state index contributed by atoms with van der Waals surface area (Å²) in [6, 6.07) is 21.9. The number of anilines is 5. The van der Waals surface area contributed by atoms with Gasteiger partial charge in [0.2, 0.25) is 11.8 Å². The minimum Gasteiger partial charge on any atom is -0.461 e. The van der Waals surface area contributed by atoms with Gasteiger partial charge >= 0.3 is 5.97 Å². The average Bonchev–Trinajstić information content (AvgIpc) is 3.42. The van der Waals surface area contributed by atoms with Crippen molar-refractivity contribution in [2.75, 3.05) is 34.0 Å². The SMILES string of the molecule is O=C1CCc2cc(Nc3ccc(C(=O)OCC4CN(C(=O)c5ccc6c(c5)CCC(=O)N6)c5ncccc54)cc3)ccc2N1. The normalized spacial score (nSPS) is 16.6. The number of carbonyl (C=O) groups excluding carboxylic acids is 4. The first kappa shape index (κ1) is 27.3. The van der Waals surface area contributed by atoms with E-state index in [1.807, 2.05) is 48.5 Å². The fourth-order valence-corrected chi connectivity index (χ4v) is 5.93. The number of benzene rings is 3. The minimum atomic E-state index is -0.451. The van der Waals surface area contributed by atoms with Crippen LogP contribution in [0, 0.1) is 0 Å². The first-order valence-electron chi connectivity index (χ1n) is 14.6. The first-order chi connectivity index (χ1) is 21.4. The number of hydrogen-bond acceptors (Lipinski definition) is 7. The number of ether oxygens (including phenoxy) is 1. The second kappa shape index (κ2) is 11.3. The van der Waals surface area contributed by atoms with Crippen molar-refractivity contribution in [1.29, 1.82) is 0 Å². The molecule has 1 aromatic heterocycles. The number of rotatable bonds is 6. The molecule has 3 amide bonds. The van der Waals surface area contributed by atoms with Crippen LogP contribution in [0.2, 0.25) is 0 Å². The predicted octanol–water partition coefficient (Wildman–Crippen LogP) is 5.20. The third-order valence-electron chi connectivity index (χ3n) is 8.23. The molecule has 0 radical (unpaired) electrons. The standard InChI is InChI=1S/C34H29N5O5/c40-30-13-6-21-16-23(5-11-28(21)37-30)33(42)39-18-24(27-2-1-15-35-32(27)39)19-44-34(43)20-3-8-25(9-4-20)36-26-10-12-29-22(17-26)7-14-31(41)38-29/h1-5,8-12,15-17,24,36H,6-7,13-14,18-19H2,(H,37,40)(H,38,41). The number of aryl methyl sites for hydroxylation is 2. The zero-order chi connectivity index (χ0) is 30.2. The predicted molar refractivity (Wildman–Crippen MR) is 165 cm³/mol. The van der Waals surface area contributed by atoms with Crippen LogP contribution in [-0.4, -0.2) is 41.8 Å². The molecule has 7 rings (SSSR count). The molecule has 1 atom stereocenters. The molecule has 10 heteroatoms. The van der Waals surface area contributed by atoms with Crippen molar-refractivity contribution in [3.05, 3.63) is 107 Å². The van der Waals surface area contributed by atoms with Gasteiger partial charge in [-0.2, -0.15) is 0 Å². The second-order valence-electron chi connectivity index (χ2n) is 11.2. The molecule has 0 bridgehead atoms. The van der Waals surface area contributed by atoms with Crippen molar-refractivity contribution in [2.45, 2.75) is 31.6 Å². The molecule has 0 aliphatic carbocycles. The van der Waals surface area contributed by atoms with Gasteiger partial charge < -0.3 is 20.7 Å². The number of nitrogens with zero attached hydrogens (tertiary/aromatic N) is 2. The van der Waals surface area contributed by atoms with Gasteiger partial charge in [-0.15, -0.1) is 0 Å². The quantitative estimate of drug-likeness (QED) is 0.265. The maximum atomic E-state index is 13.6. The lowest BCUT2D eigenvalue weighted by Gasteiger charge is -2.20. The Kier molecular flexibility index (Phi) is 7.01. The van der Waals surface area contributed by atoms with Gasteiger partial charge in [0.05, 0.1) is 5.56 Å². The van der Waals surface area contributed by atoms with Crippen LogP contribution >= 0.6 is 0 Å². The largest absolute Gasteiger partial charge is 0.461 e. The average molecular weight is 588 g/mol. The Morgan fingerprint density at radius 3 is 2.23 bits per heavy atom. The monoisotopic (exact) mass is 587 g/mol. The van der Waals surface area contributed by atoms with Crippen LogP contribution in [0.1, 0.15) is 56.2 Å². The number of fused-ring (bicyclic) bond motifs is 3. The van der Waals surface area contributed by atoms with Crippen molar-refractivity contribution >= 4 is 52.3 Å². The molecule has 220 valence electrons. The van der Waals surface area contributed by atoms with Gasteiger partial charge in [-0.1, -0.05) is 6.07 Å². The fraction of sp³-hybridized carbons (Fsp3) is 0.206. The molecule has 0 saturated heterocycles. The highest BCUT2D eigenvalue weighted by Crippen LogP contribution is 2.36.